The maximum atomic E-state index is 13.1. The van der Waals surface area contributed by atoms with Crippen LogP contribution in [-0.2, 0) is 20.9 Å². The lowest BCUT2D eigenvalue weighted by Crippen LogP contribution is -2.38. The Labute approximate surface area is 154 Å². The molecule has 0 aliphatic carbocycles. The second kappa shape index (κ2) is 7.45. The van der Waals surface area contributed by atoms with Gasteiger partial charge in [-0.15, -0.1) is 0 Å². The van der Waals surface area contributed by atoms with Gasteiger partial charge in [-0.25, -0.2) is 4.39 Å². The molecule has 0 saturated heterocycles. The van der Waals surface area contributed by atoms with E-state index in [-0.39, 0.29) is 24.9 Å². The molecule has 1 aliphatic heterocycles. The van der Waals surface area contributed by atoms with Crippen LogP contribution in [0.5, 0.6) is 0 Å². The second-order valence-electron chi connectivity index (χ2n) is 5.46. The van der Waals surface area contributed by atoms with Gasteiger partial charge in [-0.2, -0.15) is 0 Å². The lowest BCUT2D eigenvalue weighted by atomic mass is 9.97. The van der Waals surface area contributed by atoms with Crippen LogP contribution in [0.25, 0.3) is 0 Å². The average Bonchev–Trinajstić information content (AvgIpc) is 2.58. The lowest BCUT2D eigenvalue weighted by Gasteiger charge is -2.32. The molecule has 0 radical (unpaired) electrons. The molecule has 0 bridgehead atoms. The van der Waals surface area contributed by atoms with Gasteiger partial charge in [0.25, 0.3) is 5.91 Å². The largest absolute Gasteiger partial charge is 0.465 e. The molecule has 130 valence electrons. The van der Waals surface area contributed by atoms with E-state index in [1.54, 1.807) is 37.3 Å². The topological polar surface area (TPSA) is 46.6 Å². The molecule has 0 spiro atoms. The number of esters is 1. The van der Waals surface area contributed by atoms with Crippen molar-refractivity contribution in [2.75, 3.05) is 6.61 Å². The minimum absolute atomic E-state index is 0.184. The number of rotatable bonds is 4. The molecule has 0 saturated carbocycles. The van der Waals surface area contributed by atoms with Crippen LogP contribution in [-0.4, -0.2) is 22.8 Å². The van der Waals surface area contributed by atoms with Gasteiger partial charge in [0.2, 0.25) is 0 Å². The van der Waals surface area contributed by atoms with Crippen molar-refractivity contribution in [1.82, 2.24) is 4.31 Å². The molecule has 0 aromatic heterocycles. The first-order chi connectivity index (χ1) is 12.0. The first-order valence-electron chi connectivity index (χ1n) is 7.69. The zero-order valence-electron chi connectivity index (χ0n) is 13.4. The van der Waals surface area contributed by atoms with Gasteiger partial charge in [0.05, 0.1) is 13.2 Å². The van der Waals surface area contributed by atoms with Crippen LogP contribution in [0.2, 0.25) is 5.02 Å². The minimum Gasteiger partial charge on any atom is -0.465 e. The van der Waals surface area contributed by atoms with Crippen LogP contribution in [0.4, 0.5) is 4.39 Å². The molecule has 1 heterocycles. The summed E-state index contributed by atoms with van der Waals surface area (Å²) in [5.41, 5.74) is 1.32. The highest BCUT2D eigenvalue weighted by atomic mass is 35.5. The fourth-order valence-electron chi connectivity index (χ4n) is 2.59. The van der Waals surface area contributed by atoms with E-state index < -0.39 is 11.9 Å². The Morgan fingerprint density at radius 1 is 1.28 bits per heavy atom. The summed E-state index contributed by atoms with van der Waals surface area (Å²) in [5.74, 6) is -2.36. The number of hydrogen-bond donors (Lipinski definition) is 0. The maximum absolute atomic E-state index is 13.1. The van der Waals surface area contributed by atoms with Crippen molar-refractivity contribution in [3.63, 3.8) is 0 Å². The Hall–Kier alpha value is -2.05. The third-order valence-corrected chi connectivity index (χ3v) is 5.08. The smallest absolute Gasteiger partial charge is 0.323 e. The quantitative estimate of drug-likeness (QED) is 0.454. The van der Waals surface area contributed by atoms with E-state index in [2.05, 4.69) is 0 Å². The average molecular weight is 380 g/mol. The van der Waals surface area contributed by atoms with Gasteiger partial charge in [0.15, 0.2) is 5.92 Å². The molecule has 25 heavy (non-hydrogen) atoms. The molecule has 1 amide bonds. The van der Waals surface area contributed by atoms with Gasteiger partial charge in [-0.3, -0.25) is 13.9 Å². The number of carbonyl (C=O) groups excluding carboxylic acids is 2. The van der Waals surface area contributed by atoms with E-state index in [0.29, 0.717) is 10.6 Å². The monoisotopic (exact) mass is 379 g/mol. The molecule has 0 N–H and O–H groups in total. The lowest BCUT2D eigenvalue weighted by molar-refractivity contribution is -0.150. The summed E-state index contributed by atoms with van der Waals surface area (Å²) < 4.78 is 19.6. The normalized spacial score (nSPS) is 16.5. The summed E-state index contributed by atoms with van der Waals surface area (Å²) >= 11 is 7.27. The van der Waals surface area contributed by atoms with Crippen molar-refractivity contribution in [2.24, 2.45) is 0 Å². The van der Waals surface area contributed by atoms with E-state index in [1.807, 2.05) is 0 Å². The summed E-state index contributed by atoms with van der Waals surface area (Å²) in [5, 5.41) is 0.452. The molecule has 1 aliphatic rings. The van der Waals surface area contributed by atoms with Crippen LogP contribution >= 0.6 is 23.5 Å². The fraction of sp³-hybridized carbons (Fsp3) is 0.222. The summed E-state index contributed by atoms with van der Waals surface area (Å²) in [6.07, 6.45) is 0. The highest BCUT2D eigenvalue weighted by molar-refractivity contribution is 7.97. The number of ether oxygens (including phenoxy) is 1. The summed E-state index contributed by atoms with van der Waals surface area (Å²) in [4.78, 5) is 26.0. The van der Waals surface area contributed by atoms with Gasteiger partial charge < -0.3 is 4.74 Å². The molecule has 4 nitrogen and oxygen atoms in total. The molecule has 2 aromatic carbocycles. The second-order valence-corrected chi connectivity index (χ2v) is 6.96. The number of benzene rings is 2. The first kappa shape index (κ1) is 17.8. The Bertz CT molecular complexity index is 812. The molecule has 2 aromatic rings. The molecule has 1 unspecified atom stereocenters. The van der Waals surface area contributed by atoms with Crippen molar-refractivity contribution in [2.45, 2.75) is 24.3 Å². The van der Waals surface area contributed by atoms with E-state index in [9.17, 15) is 14.0 Å². The summed E-state index contributed by atoms with van der Waals surface area (Å²) in [7, 11) is 0. The third kappa shape index (κ3) is 3.80. The molecule has 7 heteroatoms. The predicted octanol–water partition coefficient (Wildman–Crippen LogP) is 4.18. The highest BCUT2D eigenvalue weighted by Crippen LogP contribution is 2.41. The van der Waals surface area contributed by atoms with Crippen molar-refractivity contribution in [3.8, 4) is 0 Å². The molecule has 3 rings (SSSR count). The molecule has 1 atom stereocenters. The number of carbonyl (C=O) groups is 2. The van der Waals surface area contributed by atoms with Gasteiger partial charge in [0, 0.05) is 9.92 Å². The zero-order chi connectivity index (χ0) is 18.0. The van der Waals surface area contributed by atoms with Gasteiger partial charge in [-0.05, 0) is 60.3 Å². The number of amides is 1. The highest BCUT2D eigenvalue weighted by Gasteiger charge is 2.40. The maximum Gasteiger partial charge on any atom is 0.323 e. The number of hydrogen-bond acceptors (Lipinski definition) is 4. The van der Waals surface area contributed by atoms with Crippen molar-refractivity contribution < 1.29 is 18.7 Å². The third-order valence-electron chi connectivity index (χ3n) is 3.75. The van der Waals surface area contributed by atoms with Crippen molar-refractivity contribution in [3.05, 3.63) is 64.4 Å². The minimum atomic E-state index is -1.05. The van der Waals surface area contributed by atoms with Crippen LogP contribution < -0.4 is 0 Å². The summed E-state index contributed by atoms with van der Waals surface area (Å²) in [6.45, 7) is 2.13. The van der Waals surface area contributed by atoms with Gasteiger partial charge in [0.1, 0.15) is 5.82 Å². The van der Waals surface area contributed by atoms with E-state index in [1.165, 1.54) is 28.4 Å². The first-order valence-corrected chi connectivity index (χ1v) is 8.84. The van der Waals surface area contributed by atoms with E-state index in [0.717, 1.165) is 10.5 Å². The number of halogens is 2. The standard InChI is InChI=1S/C18H15ClFNO3S/c1-2-24-18(23)16-14-9-12(19)5-8-15(14)25-21(17(16)22)10-11-3-6-13(20)7-4-11/h3-9,16H,2,10H2,1H3. The SMILES string of the molecule is CCOC(=O)C1C(=O)N(Cc2ccc(F)cc2)Sc2ccc(Cl)cc21. The van der Waals surface area contributed by atoms with Crippen LogP contribution in [0.15, 0.2) is 47.4 Å². The van der Waals surface area contributed by atoms with Crippen LogP contribution in [0.1, 0.15) is 24.0 Å². The zero-order valence-corrected chi connectivity index (χ0v) is 14.9. The van der Waals surface area contributed by atoms with E-state index in [4.69, 9.17) is 16.3 Å². The Morgan fingerprint density at radius 2 is 2.00 bits per heavy atom. The van der Waals surface area contributed by atoms with Gasteiger partial charge in [-0.1, -0.05) is 23.7 Å². The summed E-state index contributed by atoms with van der Waals surface area (Å²) in [6, 6.07) is 11.0. The Balaban J connectivity index is 1.94. The Morgan fingerprint density at radius 3 is 2.68 bits per heavy atom. The Kier molecular flexibility index (Phi) is 5.30. The van der Waals surface area contributed by atoms with Crippen molar-refractivity contribution >= 4 is 35.4 Å². The van der Waals surface area contributed by atoms with Crippen LogP contribution in [0, 0.1) is 5.82 Å². The van der Waals surface area contributed by atoms with Gasteiger partial charge >= 0.3 is 5.97 Å². The predicted molar refractivity (Wildman–Crippen MR) is 93.6 cm³/mol. The number of fused-ring (bicyclic) bond motifs is 1. The fourth-order valence-corrected chi connectivity index (χ4v) is 3.83. The van der Waals surface area contributed by atoms with Crippen LogP contribution in [0.3, 0.4) is 0 Å². The molecule has 0 fully saturated rings. The number of nitrogens with zero attached hydrogens (tertiary/aromatic N) is 1. The molecular formula is C18H15ClFNO3S. The van der Waals surface area contributed by atoms with Crippen molar-refractivity contribution in [1.29, 1.82) is 0 Å². The molecular weight excluding hydrogens is 365 g/mol. The van der Waals surface area contributed by atoms with E-state index >= 15 is 0 Å².